The van der Waals surface area contributed by atoms with E-state index in [1.54, 1.807) is 6.07 Å². The fourth-order valence-electron chi connectivity index (χ4n) is 2.10. The monoisotopic (exact) mass is 288 g/mol. The Labute approximate surface area is 124 Å². The number of aromatic nitrogens is 2. The van der Waals surface area contributed by atoms with Gasteiger partial charge < -0.3 is 5.32 Å². The van der Waals surface area contributed by atoms with E-state index in [2.05, 4.69) is 16.5 Å². The van der Waals surface area contributed by atoms with Crippen LogP contribution in [0.1, 0.15) is 30.8 Å². The normalized spacial score (nSPS) is 10.3. The largest absolute Gasteiger partial charge is 0.378 e. The van der Waals surface area contributed by atoms with Crippen molar-refractivity contribution in [2.24, 2.45) is 0 Å². The van der Waals surface area contributed by atoms with Crippen LogP contribution in [-0.4, -0.2) is 9.78 Å². The molecule has 0 amide bonds. The Morgan fingerprint density at radius 3 is 2.75 bits per heavy atom. The number of hydrogen-bond donors (Lipinski definition) is 1. The fourth-order valence-corrected chi connectivity index (χ4v) is 2.44. The molecule has 0 radical (unpaired) electrons. The molecule has 5 heteroatoms. The summed E-state index contributed by atoms with van der Waals surface area (Å²) in [7, 11) is 0. The predicted molar refractivity (Wildman–Crippen MR) is 80.8 cm³/mol. The molecule has 20 heavy (non-hydrogen) atoms. The average molecular weight is 289 g/mol. The molecule has 0 bridgehead atoms. The molecule has 1 N–H and O–H groups in total. The molecule has 0 fully saturated rings. The lowest BCUT2D eigenvalue weighted by Gasteiger charge is -2.09. The molecule has 2 rings (SSSR count). The van der Waals surface area contributed by atoms with Crippen LogP contribution >= 0.6 is 11.6 Å². The highest BCUT2D eigenvalue weighted by Crippen LogP contribution is 2.23. The van der Waals surface area contributed by atoms with Gasteiger partial charge in [0.25, 0.3) is 0 Å². The number of para-hydroxylation sites is 1. The topological polar surface area (TPSA) is 53.6 Å². The van der Waals surface area contributed by atoms with Gasteiger partial charge in [0, 0.05) is 6.54 Å². The average Bonchev–Trinajstić information content (AvgIpc) is 2.81. The van der Waals surface area contributed by atoms with Gasteiger partial charge in [0.15, 0.2) is 0 Å². The van der Waals surface area contributed by atoms with Crippen molar-refractivity contribution < 1.29 is 0 Å². The highest BCUT2D eigenvalue weighted by molar-refractivity contribution is 6.31. The molecule has 0 saturated carbocycles. The van der Waals surface area contributed by atoms with E-state index in [1.165, 1.54) is 0 Å². The third kappa shape index (κ3) is 2.78. The number of hydrogen-bond acceptors (Lipinski definition) is 3. The second-order valence-electron chi connectivity index (χ2n) is 4.39. The van der Waals surface area contributed by atoms with Gasteiger partial charge in [-0.1, -0.05) is 30.7 Å². The zero-order chi connectivity index (χ0) is 14.5. The molecule has 0 spiro atoms. The van der Waals surface area contributed by atoms with Gasteiger partial charge in [-0.25, -0.2) is 0 Å². The molecule has 0 aliphatic carbocycles. The highest BCUT2D eigenvalue weighted by atomic mass is 35.5. The Morgan fingerprint density at radius 1 is 1.35 bits per heavy atom. The molecule has 1 aromatic heterocycles. The number of halogens is 1. The number of nitriles is 1. The van der Waals surface area contributed by atoms with E-state index in [9.17, 15) is 0 Å². The number of benzene rings is 1. The van der Waals surface area contributed by atoms with Crippen molar-refractivity contribution in [1.82, 2.24) is 9.78 Å². The molecular formula is C15H17ClN4. The first-order chi connectivity index (χ1) is 9.71. The second-order valence-corrected chi connectivity index (χ2v) is 4.77. The molecule has 2 aromatic rings. The van der Waals surface area contributed by atoms with E-state index in [-0.39, 0.29) is 0 Å². The molecule has 0 aliphatic rings. The first-order valence-corrected chi connectivity index (χ1v) is 7.06. The SMILES string of the molecule is CCc1nn(CC)c(CNc2ccccc2C#N)c1Cl. The van der Waals surface area contributed by atoms with E-state index in [0.29, 0.717) is 12.1 Å². The summed E-state index contributed by atoms with van der Waals surface area (Å²) in [5, 5.41) is 17.5. The molecule has 0 atom stereocenters. The first kappa shape index (κ1) is 14.4. The van der Waals surface area contributed by atoms with Crippen LogP contribution in [0.2, 0.25) is 5.02 Å². The van der Waals surface area contributed by atoms with E-state index in [0.717, 1.165) is 35.1 Å². The molecule has 0 aliphatic heterocycles. The summed E-state index contributed by atoms with van der Waals surface area (Å²) in [4.78, 5) is 0. The molecule has 0 saturated heterocycles. The molecule has 1 heterocycles. The van der Waals surface area contributed by atoms with Crippen LogP contribution in [-0.2, 0) is 19.5 Å². The lowest BCUT2D eigenvalue weighted by atomic mass is 10.2. The summed E-state index contributed by atoms with van der Waals surface area (Å²) >= 11 is 6.36. The summed E-state index contributed by atoms with van der Waals surface area (Å²) < 4.78 is 1.91. The summed E-state index contributed by atoms with van der Waals surface area (Å²) in [6.07, 6.45) is 0.813. The van der Waals surface area contributed by atoms with Crippen molar-refractivity contribution in [3.63, 3.8) is 0 Å². The van der Waals surface area contributed by atoms with Crippen molar-refractivity contribution in [3.8, 4) is 6.07 Å². The fraction of sp³-hybridized carbons (Fsp3) is 0.333. The van der Waals surface area contributed by atoms with Crippen molar-refractivity contribution in [1.29, 1.82) is 5.26 Å². The van der Waals surface area contributed by atoms with Crippen LogP contribution in [0.25, 0.3) is 0 Å². The third-order valence-electron chi connectivity index (χ3n) is 3.19. The van der Waals surface area contributed by atoms with Gasteiger partial charge in [0.1, 0.15) is 6.07 Å². The maximum atomic E-state index is 9.08. The standard InChI is InChI=1S/C15H17ClN4/c1-3-12-15(16)14(20(4-2)19-12)10-18-13-8-6-5-7-11(13)9-17/h5-8,18H,3-4,10H2,1-2H3. The zero-order valence-corrected chi connectivity index (χ0v) is 12.4. The van der Waals surface area contributed by atoms with Crippen LogP contribution in [0, 0.1) is 11.3 Å². The van der Waals surface area contributed by atoms with E-state index in [1.807, 2.05) is 36.7 Å². The number of nitrogens with zero attached hydrogens (tertiary/aromatic N) is 3. The van der Waals surface area contributed by atoms with Crippen LogP contribution < -0.4 is 5.32 Å². The predicted octanol–water partition coefficient (Wildman–Crippen LogP) is 3.60. The van der Waals surface area contributed by atoms with Gasteiger partial charge in [-0.3, -0.25) is 4.68 Å². The van der Waals surface area contributed by atoms with Crippen molar-refractivity contribution in [2.75, 3.05) is 5.32 Å². The van der Waals surface area contributed by atoms with E-state index < -0.39 is 0 Å². The lowest BCUT2D eigenvalue weighted by Crippen LogP contribution is -2.09. The number of aryl methyl sites for hydroxylation is 2. The van der Waals surface area contributed by atoms with E-state index >= 15 is 0 Å². The molecule has 4 nitrogen and oxygen atoms in total. The number of anilines is 1. The number of rotatable bonds is 5. The summed E-state index contributed by atoms with van der Waals surface area (Å²) in [6.45, 7) is 5.40. The molecule has 0 unspecified atom stereocenters. The minimum Gasteiger partial charge on any atom is -0.378 e. The molecular weight excluding hydrogens is 272 g/mol. The smallest absolute Gasteiger partial charge is 0.101 e. The zero-order valence-electron chi connectivity index (χ0n) is 11.7. The maximum Gasteiger partial charge on any atom is 0.101 e. The van der Waals surface area contributed by atoms with Gasteiger partial charge >= 0.3 is 0 Å². The summed E-state index contributed by atoms with van der Waals surface area (Å²) in [5.41, 5.74) is 3.31. The van der Waals surface area contributed by atoms with Crippen LogP contribution in [0.3, 0.4) is 0 Å². The van der Waals surface area contributed by atoms with Crippen LogP contribution in [0.5, 0.6) is 0 Å². The van der Waals surface area contributed by atoms with Crippen molar-refractivity contribution in [2.45, 2.75) is 33.4 Å². The van der Waals surface area contributed by atoms with Crippen molar-refractivity contribution >= 4 is 17.3 Å². The van der Waals surface area contributed by atoms with Gasteiger partial charge in [-0.2, -0.15) is 10.4 Å². The Morgan fingerprint density at radius 2 is 2.10 bits per heavy atom. The van der Waals surface area contributed by atoms with Gasteiger partial charge in [0.2, 0.25) is 0 Å². The quantitative estimate of drug-likeness (QED) is 0.914. The summed E-state index contributed by atoms with van der Waals surface area (Å²) in [6, 6.07) is 9.60. The van der Waals surface area contributed by atoms with Crippen LogP contribution in [0.4, 0.5) is 5.69 Å². The van der Waals surface area contributed by atoms with Crippen LogP contribution in [0.15, 0.2) is 24.3 Å². The first-order valence-electron chi connectivity index (χ1n) is 6.68. The third-order valence-corrected chi connectivity index (χ3v) is 3.62. The summed E-state index contributed by atoms with van der Waals surface area (Å²) in [5.74, 6) is 0. The maximum absolute atomic E-state index is 9.08. The van der Waals surface area contributed by atoms with E-state index in [4.69, 9.17) is 16.9 Å². The Balaban J connectivity index is 2.23. The Kier molecular flexibility index (Phi) is 4.65. The van der Waals surface area contributed by atoms with Gasteiger partial charge in [-0.15, -0.1) is 0 Å². The van der Waals surface area contributed by atoms with Crippen molar-refractivity contribution in [3.05, 3.63) is 46.2 Å². The Hall–Kier alpha value is -1.99. The molecule has 104 valence electrons. The lowest BCUT2D eigenvalue weighted by molar-refractivity contribution is 0.619. The highest BCUT2D eigenvalue weighted by Gasteiger charge is 2.14. The second kappa shape index (κ2) is 6.44. The Bertz CT molecular complexity index is 640. The number of nitrogens with one attached hydrogen (secondary N) is 1. The minimum absolute atomic E-state index is 0.554. The minimum atomic E-state index is 0.554. The van der Waals surface area contributed by atoms with Gasteiger partial charge in [0.05, 0.1) is 34.2 Å². The van der Waals surface area contributed by atoms with Gasteiger partial charge in [-0.05, 0) is 25.5 Å². The molecule has 1 aromatic carbocycles.